The first kappa shape index (κ1) is 16.9. The maximum Gasteiger partial charge on any atom is 0.253 e. The lowest BCUT2D eigenvalue weighted by atomic mass is 10.2. The summed E-state index contributed by atoms with van der Waals surface area (Å²) in [5, 5.41) is 5.12. The molecule has 0 spiro atoms. The molecule has 0 saturated heterocycles. The van der Waals surface area contributed by atoms with E-state index in [4.69, 9.17) is 0 Å². The van der Waals surface area contributed by atoms with Gasteiger partial charge in [-0.15, -0.1) is 0 Å². The molecule has 1 aliphatic heterocycles. The van der Waals surface area contributed by atoms with Crippen molar-refractivity contribution in [2.75, 3.05) is 19.6 Å². The van der Waals surface area contributed by atoms with Crippen LogP contribution in [0.5, 0.6) is 0 Å². The van der Waals surface area contributed by atoms with E-state index in [1.165, 1.54) is 17.1 Å². The van der Waals surface area contributed by atoms with Crippen molar-refractivity contribution < 1.29 is 19.2 Å². The summed E-state index contributed by atoms with van der Waals surface area (Å²) < 4.78 is 0. The standard InChI is InChI=1S/C14H21N3O4/c1-2-15-12(19)10-16-11(18)6-4-3-5-9-17-13(20)7-8-14(17)21/h7-8H,2-6,9-10H2,1H3,(H,15,19)(H,16,18). The quantitative estimate of drug-likeness (QED) is 0.452. The van der Waals surface area contributed by atoms with Gasteiger partial charge in [0.25, 0.3) is 11.8 Å². The second-order valence-corrected chi connectivity index (χ2v) is 4.70. The zero-order valence-electron chi connectivity index (χ0n) is 12.2. The monoisotopic (exact) mass is 295 g/mol. The van der Waals surface area contributed by atoms with Crippen LogP contribution in [0.2, 0.25) is 0 Å². The van der Waals surface area contributed by atoms with Crippen molar-refractivity contribution in [3.05, 3.63) is 12.2 Å². The Morgan fingerprint density at radius 2 is 1.67 bits per heavy atom. The molecule has 0 fully saturated rings. The van der Waals surface area contributed by atoms with Gasteiger partial charge in [0.1, 0.15) is 0 Å². The second-order valence-electron chi connectivity index (χ2n) is 4.70. The molecule has 0 radical (unpaired) electrons. The van der Waals surface area contributed by atoms with Gasteiger partial charge in [-0.25, -0.2) is 0 Å². The minimum atomic E-state index is -0.278. The number of carbonyl (C=O) groups is 4. The van der Waals surface area contributed by atoms with Crippen molar-refractivity contribution in [2.45, 2.75) is 32.6 Å². The van der Waals surface area contributed by atoms with Crippen molar-refractivity contribution in [3.63, 3.8) is 0 Å². The Bertz CT molecular complexity index is 428. The van der Waals surface area contributed by atoms with E-state index in [2.05, 4.69) is 10.6 Å². The van der Waals surface area contributed by atoms with Crippen LogP contribution in [-0.2, 0) is 19.2 Å². The molecule has 7 heteroatoms. The first-order valence-electron chi connectivity index (χ1n) is 7.11. The molecule has 1 aliphatic rings. The molecular weight excluding hydrogens is 274 g/mol. The van der Waals surface area contributed by atoms with E-state index < -0.39 is 0 Å². The molecule has 116 valence electrons. The average molecular weight is 295 g/mol. The number of carbonyl (C=O) groups excluding carboxylic acids is 4. The Kier molecular flexibility index (Phi) is 7.14. The Balaban J connectivity index is 2.04. The van der Waals surface area contributed by atoms with Crippen LogP contribution in [-0.4, -0.2) is 48.2 Å². The van der Waals surface area contributed by atoms with E-state index in [0.29, 0.717) is 32.4 Å². The first-order chi connectivity index (χ1) is 10.0. The van der Waals surface area contributed by atoms with Gasteiger partial charge in [0.2, 0.25) is 11.8 Å². The zero-order valence-corrected chi connectivity index (χ0v) is 12.2. The molecule has 0 unspecified atom stereocenters. The topological polar surface area (TPSA) is 95.6 Å². The number of likely N-dealkylation sites (N-methyl/N-ethyl adjacent to an activating group) is 1. The summed E-state index contributed by atoms with van der Waals surface area (Å²) in [6, 6.07) is 0. The maximum absolute atomic E-state index is 11.5. The zero-order chi connectivity index (χ0) is 15.7. The molecule has 0 aliphatic carbocycles. The number of hydrogen-bond donors (Lipinski definition) is 2. The Morgan fingerprint density at radius 1 is 1.00 bits per heavy atom. The van der Waals surface area contributed by atoms with Crippen molar-refractivity contribution in [1.82, 2.24) is 15.5 Å². The maximum atomic E-state index is 11.5. The van der Waals surface area contributed by atoms with E-state index in [-0.39, 0.29) is 30.2 Å². The van der Waals surface area contributed by atoms with Crippen LogP contribution in [0.15, 0.2) is 12.2 Å². The van der Waals surface area contributed by atoms with E-state index in [0.717, 1.165) is 6.42 Å². The molecule has 0 saturated carbocycles. The Hall–Kier alpha value is -2.18. The lowest BCUT2D eigenvalue weighted by Crippen LogP contribution is -2.36. The number of amides is 4. The van der Waals surface area contributed by atoms with Gasteiger partial charge in [-0.3, -0.25) is 24.1 Å². The molecular formula is C14H21N3O4. The van der Waals surface area contributed by atoms with Crippen molar-refractivity contribution >= 4 is 23.6 Å². The summed E-state index contributed by atoms with van der Waals surface area (Å²) in [6.45, 7) is 2.73. The SMILES string of the molecule is CCNC(=O)CNC(=O)CCCCCN1C(=O)C=CC1=O. The largest absolute Gasteiger partial charge is 0.355 e. The van der Waals surface area contributed by atoms with Gasteiger partial charge in [0.05, 0.1) is 6.54 Å². The molecule has 1 rings (SSSR count). The first-order valence-corrected chi connectivity index (χ1v) is 7.11. The fourth-order valence-electron chi connectivity index (χ4n) is 1.91. The van der Waals surface area contributed by atoms with Gasteiger partial charge in [-0.2, -0.15) is 0 Å². The normalized spacial score (nSPS) is 13.7. The number of nitrogens with zero attached hydrogens (tertiary/aromatic N) is 1. The van der Waals surface area contributed by atoms with Crippen LogP contribution in [0.1, 0.15) is 32.6 Å². The summed E-state index contributed by atoms with van der Waals surface area (Å²) in [6.07, 6.45) is 4.92. The number of nitrogens with one attached hydrogen (secondary N) is 2. The highest BCUT2D eigenvalue weighted by Gasteiger charge is 2.22. The van der Waals surface area contributed by atoms with E-state index >= 15 is 0 Å². The lowest BCUT2D eigenvalue weighted by Gasteiger charge is -2.13. The fourth-order valence-corrected chi connectivity index (χ4v) is 1.91. The fraction of sp³-hybridized carbons (Fsp3) is 0.571. The van der Waals surface area contributed by atoms with Crippen molar-refractivity contribution in [1.29, 1.82) is 0 Å². The lowest BCUT2D eigenvalue weighted by molar-refractivity contribution is -0.137. The molecule has 0 bridgehead atoms. The predicted molar refractivity (Wildman–Crippen MR) is 76.0 cm³/mol. The van der Waals surface area contributed by atoms with Crippen LogP contribution in [0.4, 0.5) is 0 Å². The molecule has 7 nitrogen and oxygen atoms in total. The minimum Gasteiger partial charge on any atom is -0.355 e. The van der Waals surface area contributed by atoms with E-state index in [1.54, 1.807) is 0 Å². The smallest absolute Gasteiger partial charge is 0.253 e. The van der Waals surface area contributed by atoms with Gasteiger partial charge in [0.15, 0.2) is 0 Å². The van der Waals surface area contributed by atoms with Gasteiger partial charge < -0.3 is 10.6 Å². The summed E-state index contributed by atoms with van der Waals surface area (Å²) >= 11 is 0. The molecule has 4 amide bonds. The molecule has 2 N–H and O–H groups in total. The molecule has 0 atom stereocenters. The summed E-state index contributed by atoms with van der Waals surface area (Å²) in [5.41, 5.74) is 0. The van der Waals surface area contributed by atoms with Gasteiger partial charge >= 0.3 is 0 Å². The average Bonchev–Trinajstić information content (AvgIpc) is 2.76. The van der Waals surface area contributed by atoms with Crippen LogP contribution in [0.3, 0.4) is 0 Å². The van der Waals surface area contributed by atoms with Crippen LogP contribution in [0.25, 0.3) is 0 Å². The predicted octanol–water partition coefficient (Wildman–Crippen LogP) is -0.276. The van der Waals surface area contributed by atoms with Crippen molar-refractivity contribution in [3.8, 4) is 0 Å². The molecule has 0 aromatic rings. The second kappa shape index (κ2) is 8.89. The molecule has 1 heterocycles. The van der Waals surface area contributed by atoms with Crippen LogP contribution in [0, 0.1) is 0 Å². The van der Waals surface area contributed by atoms with Gasteiger partial charge in [-0.1, -0.05) is 6.42 Å². The number of hydrogen-bond acceptors (Lipinski definition) is 4. The summed E-state index contributed by atoms with van der Waals surface area (Å²) in [5.74, 6) is -0.931. The summed E-state index contributed by atoms with van der Waals surface area (Å²) in [7, 11) is 0. The van der Waals surface area contributed by atoms with Crippen molar-refractivity contribution in [2.24, 2.45) is 0 Å². The molecule has 21 heavy (non-hydrogen) atoms. The van der Waals surface area contributed by atoms with Crippen LogP contribution >= 0.6 is 0 Å². The van der Waals surface area contributed by atoms with Gasteiger partial charge in [-0.05, 0) is 19.8 Å². The Morgan fingerprint density at radius 3 is 2.29 bits per heavy atom. The minimum absolute atomic E-state index is 0.00484. The molecule has 0 aromatic carbocycles. The highest BCUT2D eigenvalue weighted by atomic mass is 16.2. The van der Waals surface area contributed by atoms with E-state index in [1.807, 2.05) is 6.92 Å². The highest BCUT2D eigenvalue weighted by molar-refractivity contribution is 6.12. The molecule has 0 aromatic heterocycles. The number of unbranched alkanes of at least 4 members (excludes halogenated alkanes) is 2. The third-order valence-electron chi connectivity index (χ3n) is 3.01. The summed E-state index contributed by atoms with van der Waals surface area (Å²) in [4.78, 5) is 46.3. The number of imide groups is 1. The van der Waals surface area contributed by atoms with Crippen LogP contribution < -0.4 is 10.6 Å². The number of rotatable bonds is 9. The van der Waals surface area contributed by atoms with Gasteiger partial charge in [0, 0.05) is 31.7 Å². The third kappa shape index (κ3) is 6.20. The van der Waals surface area contributed by atoms with E-state index in [9.17, 15) is 19.2 Å². The highest BCUT2D eigenvalue weighted by Crippen LogP contribution is 2.07. The third-order valence-corrected chi connectivity index (χ3v) is 3.01. The Labute approximate surface area is 123 Å².